The lowest BCUT2D eigenvalue weighted by Gasteiger charge is -2.09. The highest BCUT2D eigenvalue weighted by Crippen LogP contribution is 2.23. The number of carbonyl (C=O) groups is 1. The standard InChI is InChI=1S/C21H20N4O2/c1-27-20-9-5-4-8-19(20)25-21(26)16(12-22)13-23-11-10-15-14-24-18-7-3-2-6-17(15)18/h2-9,13-14,23-24H,10-11H2,1H3,(H,25,26)/b16-13-. The van der Waals surface area contributed by atoms with E-state index in [1.807, 2.05) is 36.5 Å². The molecule has 27 heavy (non-hydrogen) atoms. The lowest BCUT2D eigenvalue weighted by atomic mass is 10.1. The molecular formula is C21H20N4O2. The summed E-state index contributed by atoms with van der Waals surface area (Å²) in [6.07, 6.45) is 4.20. The third kappa shape index (κ3) is 4.28. The molecule has 1 heterocycles. The topological polar surface area (TPSA) is 89.9 Å². The third-order valence-electron chi connectivity index (χ3n) is 4.18. The minimum absolute atomic E-state index is 0.000155. The zero-order chi connectivity index (χ0) is 19.1. The molecule has 0 unspecified atom stereocenters. The minimum atomic E-state index is -0.485. The molecule has 1 aromatic heterocycles. The maximum absolute atomic E-state index is 12.3. The Balaban J connectivity index is 1.59. The fraction of sp³-hybridized carbons (Fsp3) is 0.143. The van der Waals surface area contributed by atoms with Gasteiger partial charge in [0, 0.05) is 29.8 Å². The van der Waals surface area contributed by atoms with Crippen LogP contribution in [0.1, 0.15) is 5.56 Å². The number of amides is 1. The summed E-state index contributed by atoms with van der Waals surface area (Å²) in [6.45, 7) is 0.606. The van der Waals surface area contributed by atoms with Crippen molar-refractivity contribution in [2.75, 3.05) is 19.0 Å². The Labute approximate surface area is 157 Å². The summed E-state index contributed by atoms with van der Waals surface area (Å²) >= 11 is 0. The molecule has 0 radical (unpaired) electrons. The van der Waals surface area contributed by atoms with Crippen molar-refractivity contribution >= 4 is 22.5 Å². The van der Waals surface area contributed by atoms with E-state index in [0.717, 1.165) is 11.9 Å². The van der Waals surface area contributed by atoms with Crippen LogP contribution in [0.5, 0.6) is 5.75 Å². The van der Waals surface area contributed by atoms with E-state index in [4.69, 9.17) is 4.74 Å². The number of hydrogen-bond acceptors (Lipinski definition) is 4. The van der Waals surface area contributed by atoms with E-state index in [0.29, 0.717) is 18.0 Å². The molecule has 3 N–H and O–H groups in total. The molecule has 0 atom stereocenters. The second kappa shape index (κ2) is 8.59. The van der Waals surface area contributed by atoms with Gasteiger partial charge < -0.3 is 20.4 Å². The summed E-state index contributed by atoms with van der Waals surface area (Å²) in [5.41, 5.74) is 2.80. The fourth-order valence-corrected chi connectivity index (χ4v) is 2.81. The number of nitriles is 1. The highest BCUT2D eigenvalue weighted by atomic mass is 16.5. The number of aromatic nitrogens is 1. The van der Waals surface area contributed by atoms with Crippen molar-refractivity contribution in [3.8, 4) is 11.8 Å². The summed E-state index contributed by atoms with van der Waals surface area (Å²) in [5.74, 6) is 0.0528. The number of aromatic amines is 1. The van der Waals surface area contributed by atoms with E-state index in [2.05, 4.69) is 21.7 Å². The van der Waals surface area contributed by atoms with Crippen LogP contribution in [0.3, 0.4) is 0 Å². The van der Waals surface area contributed by atoms with Crippen molar-refractivity contribution in [1.29, 1.82) is 5.26 Å². The molecule has 3 rings (SSSR count). The predicted molar refractivity (Wildman–Crippen MR) is 105 cm³/mol. The SMILES string of the molecule is COc1ccccc1NC(=O)/C(C#N)=C\NCCc1c[nH]c2ccccc12. The first-order chi connectivity index (χ1) is 13.2. The lowest BCUT2D eigenvalue weighted by molar-refractivity contribution is -0.112. The van der Waals surface area contributed by atoms with Gasteiger partial charge in [-0.15, -0.1) is 0 Å². The second-order valence-electron chi connectivity index (χ2n) is 5.89. The predicted octanol–water partition coefficient (Wildman–Crippen LogP) is 3.35. The summed E-state index contributed by atoms with van der Waals surface area (Å²) in [4.78, 5) is 15.5. The van der Waals surface area contributed by atoms with Crippen LogP contribution in [0.2, 0.25) is 0 Å². The molecule has 136 valence electrons. The number of anilines is 1. The monoisotopic (exact) mass is 360 g/mol. The fourth-order valence-electron chi connectivity index (χ4n) is 2.81. The van der Waals surface area contributed by atoms with E-state index in [1.165, 1.54) is 24.3 Å². The molecule has 1 amide bonds. The van der Waals surface area contributed by atoms with Crippen LogP contribution in [0, 0.1) is 11.3 Å². The number of ether oxygens (including phenoxy) is 1. The normalized spacial score (nSPS) is 11.0. The van der Waals surface area contributed by atoms with Gasteiger partial charge in [0.15, 0.2) is 0 Å². The Morgan fingerprint density at radius 1 is 1.22 bits per heavy atom. The molecule has 0 aliphatic carbocycles. The summed E-state index contributed by atoms with van der Waals surface area (Å²) in [6, 6.07) is 17.1. The Morgan fingerprint density at radius 3 is 2.81 bits per heavy atom. The van der Waals surface area contributed by atoms with E-state index in [-0.39, 0.29) is 5.57 Å². The summed E-state index contributed by atoms with van der Waals surface area (Å²) in [5, 5.41) is 16.2. The number of fused-ring (bicyclic) bond motifs is 1. The van der Waals surface area contributed by atoms with Crippen molar-refractivity contribution in [3.63, 3.8) is 0 Å². The average molecular weight is 360 g/mol. The van der Waals surface area contributed by atoms with Crippen LogP contribution in [-0.2, 0) is 11.2 Å². The van der Waals surface area contributed by atoms with Gasteiger partial charge in [-0.1, -0.05) is 30.3 Å². The maximum atomic E-state index is 12.3. The Morgan fingerprint density at radius 2 is 2.00 bits per heavy atom. The largest absolute Gasteiger partial charge is 0.495 e. The highest BCUT2D eigenvalue weighted by molar-refractivity contribution is 6.07. The van der Waals surface area contributed by atoms with Gasteiger partial charge in [0.25, 0.3) is 5.91 Å². The van der Waals surface area contributed by atoms with E-state index < -0.39 is 5.91 Å². The van der Waals surface area contributed by atoms with Gasteiger partial charge in [-0.3, -0.25) is 4.79 Å². The van der Waals surface area contributed by atoms with Gasteiger partial charge in [-0.05, 0) is 30.2 Å². The maximum Gasteiger partial charge on any atom is 0.267 e. The number of H-pyrrole nitrogens is 1. The Kier molecular flexibility index (Phi) is 5.75. The first-order valence-electron chi connectivity index (χ1n) is 8.56. The third-order valence-corrected chi connectivity index (χ3v) is 4.18. The number of hydrogen-bond donors (Lipinski definition) is 3. The van der Waals surface area contributed by atoms with Crippen LogP contribution in [0.4, 0.5) is 5.69 Å². The van der Waals surface area contributed by atoms with Crippen molar-refractivity contribution in [2.45, 2.75) is 6.42 Å². The molecule has 0 saturated carbocycles. The molecule has 6 nitrogen and oxygen atoms in total. The quantitative estimate of drug-likeness (QED) is 0.342. The average Bonchev–Trinajstić information content (AvgIpc) is 3.11. The number of nitrogens with one attached hydrogen (secondary N) is 3. The van der Waals surface area contributed by atoms with E-state index in [1.54, 1.807) is 18.2 Å². The second-order valence-corrected chi connectivity index (χ2v) is 5.89. The number of nitrogens with zero attached hydrogens (tertiary/aromatic N) is 1. The zero-order valence-electron chi connectivity index (χ0n) is 15.0. The lowest BCUT2D eigenvalue weighted by Crippen LogP contribution is -2.18. The first kappa shape index (κ1) is 18.1. The van der Waals surface area contributed by atoms with Gasteiger partial charge in [-0.2, -0.15) is 5.26 Å². The molecule has 0 fully saturated rings. The van der Waals surface area contributed by atoms with Gasteiger partial charge in [0.05, 0.1) is 12.8 Å². The van der Waals surface area contributed by atoms with Crippen LogP contribution in [0.15, 0.2) is 66.5 Å². The van der Waals surface area contributed by atoms with Crippen molar-refractivity contribution < 1.29 is 9.53 Å². The zero-order valence-corrected chi connectivity index (χ0v) is 15.0. The van der Waals surface area contributed by atoms with Crippen LogP contribution >= 0.6 is 0 Å². The van der Waals surface area contributed by atoms with Gasteiger partial charge in [0.2, 0.25) is 0 Å². The number of methoxy groups -OCH3 is 1. The van der Waals surface area contributed by atoms with E-state index >= 15 is 0 Å². The number of carbonyl (C=O) groups excluding carboxylic acids is 1. The van der Waals surface area contributed by atoms with Crippen LogP contribution < -0.4 is 15.4 Å². The minimum Gasteiger partial charge on any atom is -0.495 e. The molecule has 3 aromatic rings. The Bertz CT molecular complexity index is 1010. The molecule has 2 aromatic carbocycles. The van der Waals surface area contributed by atoms with Crippen LogP contribution in [-0.4, -0.2) is 24.5 Å². The van der Waals surface area contributed by atoms with E-state index in [9.17, 15) is 10.1 Å². The molecule has 0 aliphatic heterocycles. The highest BCUT2D eigenvalue weighted by Gasteiger charge is 2.11. The number of para-hydroxylation sites is 3. The first-order valence-corrected chi connectivity index (χ1v) is 8.56. The van der Waals surface area contributed by atoms with Crippen LogP contribution in [0.25, 0.3) is 10.9 Å². The Hall–Kier alpha value is -3.72. The number of benzene rings is 2. The van der Waals surface area contributed by atoms with Crippen molar-refractivity contribution in [1.82, 2.24) is 10.3 Å². The molecule has 0 spiro atoms. The van der Waals surface area contributed by atoms with Crippen molar-refractivity contribution in [2.24, 2.45) is 0 Å². The molecule has 6 heteroatoms. The summed E-state index contributed by atoms with van der Waals surface area (Å²) in [7, 11) is 1.53. The van der Waals surface area contributed by atoms with Crippen molar-refractivity contribution in [3.05, 3.63) is 72.1 Å². The smallest absolute Gasteiger partial charge is 0.267 e. The summed E-state index contributed by atoms with van der Waals surface area (Å²) < 4.78 is 5.20. The van der Waals surface area contributed by atoms with Gasteiger partial charge >= 0.3 is 0 Å². The van der Waals surface area contributed by atoms with Gasteiger partial charge in [-0.25, -0.2) is 0 Å². The molecule has 0 saturated heterocycles. The number of rotatable bonds is 7. The molecule has 0 aliphatic rings. The van der Waals surface area contributed by atoms with Gasteiger partial charge in [0.1, 0.15) is 17.4 Å². The molecule has 0 bridgehead atoms. The molecular weight excluding hydrogens is 340 g/mol.